The van der Waals surface area contributed by atoms with Crippen molar-refractivity contribution in [2.45, 2.75) is 56.2 Å². The van der Waals surface area contributed by atoms with Crippen LogP contribution in [0.1, 0.15) is 39.0 Å². The molecule has 0 spiro atoms. The number of rotatable bonds is 9. The van der Waals surface area contributed by atoms with Crippen LogP contribution in [0.2, 0.25) is 5.02 Å². The highest BCUT2D eigenvalue weighted by Crippen LogP contribution is 2.60. The SMILES string of the molecule is CC(OCC(=O)NC12CC(NC(=O)COc3ccc(Cl)cc3)(C1)C2)C1CC1. The molecule has 2 bridgehead atoms. The predicted octanol–water partition coefficient (Wildman–Crippen LogP) is 2.44. The number of hydrogen-bond acceptors (Lipinski definition) is 4. The molecule has 1 aromatic rings. The highest BCUT2D eigenvalue weighted by Gasteiger charge is 2.69. The molecule has 4 aliphatic rings. The Hall–Kier alpha value is -1.79. The average molecular weight is 393 g/mol. The first-order chi connectivity index (χ1) is 12.9. The Morgan fingerprint density at radius 1 is 1.07 bits per heavy atom. The smallest absolute Gasteiger partial charge is 0.258 e. The van der Waals surface area contributed by atoms with Gasteiger partial charge in [-0.25, -0.2) is 0 Å². The normalized spacial score (nSPS) is 29.1. The number of amides is 2. The van der Waals surface area contributed by atoms with E-state index in [1.54, 1.807) is 24.3 Å². The number of nitrogens with one attached hydrogen (secondary N) is 2. The van der Waals surface area contributed by atoms with Gasteiger partial charge < -0.3 is 20.1 Å². The molecule has 27 heavy (non-hydrogen) atoms. The van der Waals surface area contributed by atoms with Crippen LogP contribution in [0.5, 0.6) is 5.75 Å². The lowest BCUT2D eigenvalue weighted by molar-refractivity contribution is -0.153. The molecule has 2 N–H and O–H groups in total. The summed E-state index contributed by atoms with van der Waals surface area (Å²) < 4.78 is 11.1. The van der Waals surface area contributed by atoms with Crippen LogP contribution in [0.15, 0.2) is 24.3 Å². The van der Waals surface area contributed by atoms with Crippen molar-refractivity contribution in [3.63, 3.8) is 0 Å². The van der Waals surface area contributed by atoms with Crippen LogP contribution in [0.25, 0.3) is 0 Å². The van der Waals surface area contributed by atoms with E-state index >= 15 is 0 Å². The zero-order chi connectivity index (χ0) is 19.1. The van der Waals surface area contributed by atoms with E-state index in [2.05, 4.69) is 10.6 Å². The van der Waals surface area contributed by atoms with E-state index in [-0.39, 0.29) is 42.2 Å². The third-order valence-corrected chi connectivity index (χ3v) is 6.04. The zero-order valence-electron chi connectivity index (χ0n) is 15.4. The molecule has 4 aliphatic carbocycles. The van der Waals surface area contributed by atoms with Gasteiger partial charge in [0.1, 0.15) is 12.4 Å². The average Bonchev–Trinajstić information content (AvgIpc) is 3.41. The van der Waals surface area contributed by atoms with Gasteiger partial charge in [0.2, 0.25) is 5.91 Å². The number of ether oxygens (including phenoxy) is 2. The molecular formula is C20H25ClN2O4. The van der Waals surface area contributed by atoms with Crippen molar-refractivity contribution in [2.75, 3.05) is 13.2 Å². The highest BCUT2D eigenvalue weighted by atomic mass is 35.5. The van der Waals surface area contributed by atoms with Crippen LogP contribution < -0.4 is 15.4 Å². The Labute approximate surface area is 163 Å². The molecule has 4 fully saturated rings. The minimum atomic E-state index is -0.185. The second-order valence-electron chi connectivity index (χ2n) is 8.28. The third kappa shape index (κ3) is 4.22. The Bertz CT molecular complexity index is 712. The molecule has 7 heteroatoms. The molecule has 1 aromatic carbocycles. The molecule has 4 saturated carbocycles. The topological polar surface area (TPSA) is 76.7 Å². The van der Waals surface area contributed by atoms with Gasteiger partial charge in [-0.1, -0.05) is 11.6 Å². The summed E-state index contributed by atoms with van der Waals surface area (Å²) in [6, 6.07) is 6.90. The summed E-state index contributed by atoms with van der Waals surface area (Å²) in [6.07, 6.45) is 4.90. The maximum atomic E-state index is 12.1. The Balaban J connectivity index is 1.14. The van der Waals surface area contributed by atoms with E-state index in [1.165, 1.54) is 12.8 Å². The van der Waals surface area contributed by atoms with Gasteiger partial charge in [0.25, 0.3) is 5.91 Å². The van der Waals surface area contributed by atoms with Crippen molar-refractivity contribution in [3.05, 3.63) is 29.3 Å². The summed E-state index contributed by atoms with van der Waals surface area (Å²) in [4.78, 5) is 24.2. The summed E-state index contributed by atoms with van der Waals surface area (Å²) in [5.41, 5.74) is -0.344. The molecule has 0 saturated heterocycles. The maximum Gasteiger partial charge on any atom is 0.258 e. The van der Waals surface area contributed by atoms with Gasteiger partial charge in [0, 0.05) is 16.1 Å². The van der Waals surface area contributed by atoms with Gasteiger partial charge >= 0.3 is 0 Å². The van der Waals surface area contributed by atoms with Crippen LogP contribution in [0.3, 0.4) is 0 Å². The molecule has 146 valence electrons. The van der Waals surface area contributed by atoms with Crippen LogP contribution in [0, 0.1) is 5.92 Å². The summed E-state index contributed by atoms with van der Waals surface area (Å²) in [5.74, 6) is 1.02. The lowest BCUT2D eigenvalue weighted by atomic mass is 9.44. The summed E-state index contributed by atoms with van der Waals surface area (Å²) in [5, 5.41) is 6.74. The van der Waals surface area contributed by atoms with Gasteiger partial charge in [-0.05, 0) is 69.2 Å². The van der Waals surface area contributed by atoms with Crippen molar-refractivity contribution in [2.24, 2.45) is 5.92 Å². The molecule has 5 rings (SSSR count). The van der Waals surface area contributed by atoms with E-state index in [1.807, 2.05) is 6.92 Å². The largest absolute Gasteiger partial charge is 0.484 e. The van der Waals surface area contributed by atoms with Crippen LogP contribution in [-0.2, 0) is 14.3 Å². The number of benzene rings is 1. The number of carbonyl (C=O) groups is 2. The molecule has 0 heterocycles. The number of hydrogen-bond donors (Lipinski definition) is 2. The summed E-state index contributed by atoms with van der Waals surface area (Å²) in [6.45, 7) is 2.12. The van der Waals surface area contributed by atoms with Crippen molar-refractivity contribution in [3.8, 4) is 5.75 Å². The van der Waals surface area contributed by atoms with Crippen molar-refractivity contribution in [1.29, 1.82) is 0 Å². The fourth-order valence-corrected chi connectivity index (χ4v) is 4.43. The van der Waals surface area contributed by atoms with E-state index in [0.29, 0.717) is 16.7 Å². The second-order valence-corrected chi connectivity index (χ2v) is 8.72. The van der Waals surface area contributed by atoms with E-state index in [4.69, 9.17) is 21.1 Å². The molecule has 1 atom stereocenters. The van der Waals surface area contributed by atoms with Gasteiger partial charge in [-0.15, -0.1) is 0 Å². The first kappa shape index (κ1) is 18.6. The fourth-order valence-electron chi connectivity index (χ4n) is 4.31. The molecule has 6 nitrogen and oxygen atoms in total. The molecule has 0 radical (unpaired) electrons. The monoisotopic (exact) mass is 392 g/mol. The Kier molecular flexibility index (Phi) is 4.80. The quantitative estimate of drug-likeness (QED) is 0.676. The summed E-state index contributed by atoms with van der Waals surface area (Å²) >= 11 is 5.82. The predicted molar refractivity (Wildman–Crippen MR) is 101 cm³/mol. The van der Waals surface area contributed by atoms with Crippen molar-refractivity contribution in [1.82, 2.24) is 10.6 Å². The minimum absolute atomic E-state index is 0.0321. The minimum Gasteiger partial charge on any atom is -0.484 e. The summed E-state index contributed by atoms with van der Waals surface area (Å²) in [7, 11) is 0. The number of carbonyl (C=O) groups excluding carboxylic acids is 2. The van der Waals surface area contributed by atoms with Crippen LogP contribution >= 0.6 is 11.6 Å². The van der Waals surface area contributed by atoms with E-state index in [0.717, 1.165) is 19.3 Å². The van der Waals surface area contributed by atoms with Gasteiger partial charge in [0.05, 0.1) is 6.10 Å². The zero-order valence-corrected chi connectivity index (χ0v) is 16.2. The molecular weight excluding hydrogens is 368 g/mol. The highest BCUT2D eigenvalue weighted by molar-refractivity contribution is 6.30. The first-order valence-electron chi connectivity index (χ1n) is 9.49. The van der Waals surface area contributed by atoms with Gasteiger partial charge in [-0.3, -0.25) is 9.59 Å². The van der Waals surface area contributed by atoms with Crippen molar-refractivity contribution >= 4 is 23.4 Å². The third-order valence-electron chi connectivity index (χ3n) is 5.79. The van der Waals surface area contributed by atoms with Crippen LogP contribution in [0.4, 0.5) is 0 Å². The van der Waals surface area contributed by atoms with Gasteiger partial charge in [-0.2, -0.15) is 0 Å². The fraction of sp³-hybridized carbons (Fsp3) is 0.600. The van der Waals surface area contributed by atoms with E-state index < -0.39 is 0 Å². The molecule has 0 aromatic heterocycles. The molecule has 2 amide bonds. The Morgan fingerprint density at radius 2 is 1.63 bits per heavy atom. The Morgan fingerprint density at radius 3 is 2.19 bits per heavy atom. The second kappa shape index (κ2) is 6.99. The first-order valence-corrected chi connectivity index (χ1v) is 9.87. The number of halogens is 1. The molecule has 1 unspecified atom stereocenters. The van der Waals surface area contributed by atoms with Crippen molar-refractivity contribution < 1.29 is 19.1 Å². The van der Waals surface area contributed by atoms with Crippen LogP contribution in [-0.4, -0.2) is 42.2 Å². The maximum absolute atomic E-state index is 12.1. The molecule has 0 aliphatic heterocycles. The van der Waals surface area contributed by atoms with E-state index in [9.17, 15) is 9.59 Å². The van der Waals surface area contributed by atoms with Gasteiger partial charge in [0.15, 0.2) is 6.61 Å². The lowest BCUT2D eigenvalue weighted by Gasteiger charge is -2.70. The lowest BCUT2D eigenvalue weighted by Crippen LogP contribution is -2.84. The standard InChI is InChI=1S/C20H25ClN2O4/c1-13(14-2-3-14)26-8-17(24)22-19-10-20(11-19,12-19)23-18(25)9-27-16-6-4-15(21)5-7-16/h4-7,13-14H,2-3,8-12H2,1H3,(H,22,24)(H,23,25).